The Hall–Kier alpha value is -0.870. The van der Waals surface area contributed by atoms with Crippen LogP contribution in [0.1, 0.15) is 36.9 Å². The summed E-state index contributed by atoms with van der Waals surface area (Å²) < 4.78 is 23.1. The number of hydrogen-bond acceptors (Lipinski definition) is 3. The van der Waals surface area contributed by atoms with Gasteiger partial charge in [-0.1, -0.05) is 31.2 Å². The Morgan fingerprint density at radius 2 is 2.06 bits per heavy atom. The molecule has 2 unspecified atom stereocenters. The monoisotopic (exact) mass is 267 g/mol. The van der Waals surface area contributed by atoms with Gasteiger partial charge in [0, 0.05) is 11.8 Å². The van der Waals surface area contributed by atoms with Gasteiger partial charge in [0.1, 0.15) is 9.84 Å². The summed E-state index contributed by atoms with van der Waals surface area (Å²) in [5.41, 5.74) is 8.78. The van der Waals surface area contributed by atoms with Crippen LogP contribution in [0.3, 0.4) is 0 Å². The van der Waals surface area contributed by atoms with Gasteiger partial charge in [-0.2, -0.15) is 0 Å². The van der Waals surface area contributed by atoms with Crippen molar-refractivity contribution in [3.05, 3.63) is 35.4 Å². The van der Waals surface area contributed by atoms with Gasteiger partial charge < -0.3 is 5.73 Å². The van der Waals surface area contributed by atoms with Crippen molar-refractivity contribution in [3.63, 3.8) is 0 Å². The topological polar surface area (TPSA) is 60.2 Å². The number of sulfone groups is 1. The van der Waals surface area contributed by atoms with E-state index in [1.54, 1.807) is 6.92 Å². The molecule has 4 heteroatoms. The van der Waals surface area contributed by atoms with Crippen molar-refractivity contribution in [1.82, 2.24) is 0 Å². The van der Waals surface area contributed by atoms with E-state index >= 15 is 0 Å². The van der Waals surface area contributed by atoms with Crippen molar-refractivity contribution in [3.8, 4) is 0 Å². The Kier molecular flexibility index (Phi) is 4.07. The number of benzene rings is 1. The summed E-state index contributed by atoms with van der Waals surface area (Å²) in [6, 6.07) is 8.22. The summed E-state index contributed by atoms with van der Waals surface area (Å²) >= 11 is 0. The molecule has 3 nitrogen and oxygen atoms in total. The Morgan fingerprint density at radius 3 is 2.78 bits per heavy atom. The van der Waals surface area contributed by atoms with Crippen LogP contribution in [0.5, 0.6) is 0 Å². The van der Waals surface area contributed by atoms with Crippen LogP contribution in [-0.4, -0.2) is 19.9 Å². The van der Waals surface area contributed by atoms with E-state index in [1.807, 2.05) is 12.1 Å². The molecule has 1 aromatic rings. The summed E-state index contributed by atoms with van der Waals surface area (Å²) in [4.78, 5) is 0. The molecule has 2 rings (SSSR count). The van der Waals surface area contributed by atoms with Gasteiger partial charge in [0.15, 0.2) is 0 Å². The summed E-state index contributed by atoms with van der Waals surface area (Å²) in [6.45, 7) is 1.70. The quantitative estimate of drug-likeness (QED) is 0.908. The predicted octanol–water partition coefficient (Wildman–Crippen LogP) is 2.07. The maximum absolute atomic E-state index is 11.6. The fraction of sp³-hybridized carbons (Fsp3) is 0.571. The number of rotatable bonds is 4. The fourth-order valence-electron chi connectivity index (χ4n) is 2.66. The third-order valence-corrected chi connectivity index (χ3v) is 5.68. The highest BCUT2D eigenvalue weighted by atomic mass is 32.2. The molecule has 18 heavy (non-hydrogen) atoms. The number of hydrogen-bond donors (Lipinski definition) is 1. The normalized spacial score (nSPS) is 23.7. The number of fused-ring (bicyclic) bond motifs is 1. The van der Waals surface area contributed by atoms with E-state index in [0.29, 0.717) is 12.3 Å². The van der Waals surface area contributed by atoms with Crippen LogP contribution in [0.4, 0.5) is 0 Å². The maximum Gasteiger partial charge on any atom is 0.150 e. The standard InChI is InChI=1S/C14H21NO2S/c1-2-18(16,17)10-9-12-8-7-11-5-3-4-6-13(11)14(12)15/h3-6,12,14H,2,7-10,15H2,1H3. The first-order chi connectivity index (χ1) is 8.53. The van der Waals surface area contributed by atoms with Crippen LogP contribution in [0, 0.1) is 5.92 Å². The molecule has 0 spiro atoms. The van der Waals surface area contributed by atoms with E-state index in [1.165, 1.54) is 11.1 Å². The molecule has 0 aromatic heterocycles. The van der Waals surface area contributed by atoms with Crippen molar-refractivity contribution in [2.24, 2.45) is 11.7 Å². The second kappa shape index (κ2) is 5.41. The van der Waals surface area contributed by atoms with E-state index in [-0.39, 0.29) is 17.5 Å². The Morgan fingerprint density at radius 1 is 1.33 bits per heavy atom. The summed E-state index contributed by atoms with van der Waals surface area (Å²) in [7, 11) is -2.88. The largest absolute Gasteiger partial charge is 0.324 e. The Bertz CT molecular complexity index is 510. The Labute approximate surface area is 109 Å². The van der Waals surface area contributed by atoms with Crippen LogP contribution >= 0.6 is 0 Å². The predicted molar refractivity (Wildman–Crippen MR) is 74.1 cm³/mol. The Balaban J connectivity index is 2.06. The van der Waals surface area contributed by atoms with Gasteiger partial charge in [-0.25, -0.2) is 8.42 Å². The zero-order valence-electron chi connectivity index (χ0n) is 10.8. The highest BCUT2D eigenvalue weighted by Gasteiger charge is 2.27. The van der Waals surface area contributed by atoms with Gasteiger partial charge in [-0.15, -0.1) is 0 Å². The van der Waals surface area contributed by atoms with Gasteiger partial charge in [-0.3, -0.25) is 0 Å². The maximum atomic E-state index is 11.6. The lowest BCUT2D eigenvalue weighted by atomic mass is 9.79. The molecule has 0 saturated carbocycles. The second-order valence-electron chi connectivity index (χ2n) is 5.05. The summed E-state index contributed by atoms with van der Waals surface area (Å²) in [5, 5.41) is 0. The molecule has 0 fully saturated rings. The molecule has 0 heterocycles. The molecule has 1 aliphatic carbocycles. The van der Waals surface area contributed by atoms with E-state index in [2.05, 4.69) is 12.1 Å². The SMILES string of the molecule is CCS(=O)(=O)CCC1CCc2ccccc2C1N. The minimum Gasteiger partial charge on any atom is -0.324 e. The third-order valence-electron chi connectivity index (χ3n) is 3.95. The van der Waals surface area contributed by atoms with Gasteiger partial charge in [-0.05, 0) is 36.3 Å². The highest BCUT2D eigenvalue weighted by Crippen LogP contribution is 2.34. The summed E-state index contributed by atoms with van der Waals surface area (Å²) in [6.07, 6.45) is 2.70. The molecule has 2 atom stereocenters. The summed E-state index contributed by atoms with van der Waals surface area (Å²) in [5.74, 6) is 0.788. The molecule has 1 aromatic carbocycles. The molecule has 2 N–H and O–H groups in total. The third kappa shape index (κ3) is 2.93. The molecule has 0 amide bonds. The lowest BCUT2D eigenvalue weighted by molar-refractivity contribution is 0.368. The van der Waals surface area contributed by atoms with Crippen molar-refractivity contribution in [1.29, 1.82) is 0 Å². The van der Waals surface area contributed by atoms with E-state index < -0.39 is 9.84 Å². The van der Waals surface area contributed by atoms with Gasteiger partial charge in [0.25, 0.3) is 0 Å². The van der Waals surface area contributed by atoms with E-state index in [4.69, 9.17) is 5.73 Å². The molecule has 0 bridgehead atoms. The highest BCUT2D eigenvalue weighted by molar-refractivity contribution is 7.91. The van der Waals surface area contributed by atoms with Crippen LogP contribution < -0.4 is 5.73 Å². The second-order valence-corrected chi connectivity index (χ2v) is 7.52. The van der Waals surface area contributed by atoms with E-state index in [9.17, 15) is 8.42 Å². The van der Waals surface area contributed by atoms with Gasteiger partial charge in [0.2, 0.25) is 0 Å². The number of nitrogens with two attached hydrogens (primary N) is 1. The first-order valence-corrected chi connectivity index (χ1v) is 8.39. The zero-order valence-corrected chi connectivity index (χ0v) is 11.6. The van der Waals surface area contributed by atoms with Crippen LogP contribution in [0.25, 0.3) is 0 Å². The molecule has 0 saturated heterocycles. The van der Waals surface area contributed by atoms with Crippen molar-refractivity contribution < 1.29 is 8.42 Å². The van der Waals surface area contributed by atoms with Crippen molar-refractivity contribution >= 4 is 9.84 Å². The molecular weight excluding hydrogens is 246 g/mol. The average molecular weight is 267 g/mol. The molecule has 100 valence electrons. The van der Waals surface area contributed by atoms with E-state index in [0.717, 1.165) is 12.8 Å². The minimum absolute atomic E-state index is 0.0120. The lowest BCUT2D eigenvalue weighted by Crippen LogP contribution is -2.29. The lowest BCUT2D eigenvalue weighted by Gasteiger charge is -2.31. The molecule has 0 radical (unpaired) electrons. The smallest absolute Gasteiger partial charge is 0.150 e. The minimum atomic E-state index is -2.88. The molecular formula is C14H21NO2S. The first kappa shape index (κ1) is 13.6. The van der Waals surface area contributed by atoms with Crippen molar-refractivity contribution in [2.75, 3.05) is 11.5 Å². The van der Waals surface area contributed by atoms with Gasteiger partial charge >= 0.3 is 0 Å². The van der Waals surface area contributed by atoms with Crippen LogP contribution in [-0.2, 0) is 16.3 Å². The average Bonchev–Trinajstić information content (AvgIpc) is 2.38. The fourth-order valence-corrected chi connectivity index (χ4v) is 3.61. The molecule has 0 aliphatic heterocycles. The van der Waals surface area contributed by atoms with Crippen molar-refractivity contribution in [2.45, 2.75) is 32.2 Å². The zero-order chi connectivity index (χ0) is 13.2. The molecule has 1 aliphatic rings. The van der Waals surface area contributed by atoms with Gasteiger partial charge in [0.05, 0.1) is 5.75 Å². The number of aryl methyl sites for hydroxylation is 1. The first-order valence-electron chi connectivity index (χ1n) is 6.57. The van der Waals surface area contributed by atoms with Crippen LogP contribution in [0.15, 0.2) is 24.3 Å². The van der Waals surface area contributed by atoms with Crippen LogP contribution in [0.2, 0.25) is 0 Å².